The summed E-state index contributed by atoms with van der Waals surface area (Å²) >= 11 is 11.8. The van der Waals surface area contributed by atoms with Gasteiger partial charge in [-0.1, -0.05) is 23.7 Å². The summed E-state index contributed by atoms with van der Waals surface area (Å²) < 4.78 is 21.8. The molecule has 174 valence electrons. The Morgan fingerprint density at radius 2 is 1.36 bits per heavy atom. The largest absolute Gasteiger partial charge is 0.497 e. The smallest absolute Gasteiger partial charge is 0.203 e. The Bertz CT molecular complexity index is 1050. The number of methoxy groups -OCH3 is 4. The van der Waals surface area contributed by atoms with E-state index in [-0.39, 0.29) is 0 Å². The SMILES string of the molecule is COc1ccc(CN(Cc2cc(OC)c(OC)c(OC)c2)C(=S)Nc2ccc(Cl)cc2)cc1. The zero-order chi connectivity index (χ0) is 23.8. The second-order valence-corrected chi connectivity index (χ2v) is 8.00. The summed E-state index contributed by atoms with van der Waals surface area (Å²) in [6, 6.07) is 19.2. The van der Waals surface area contributed by atoms with E-state index in [0.717, 1.165) is 22.6 Å². The van der Waals surface area contributed by atoms with E-state index >= 15 is 0 Å². The van der Waals surface area contributed by atoms with Crippen LogP contribution in [0.5, 0.6) is 23.0 Å². The molecule has 3 aromatic rings. The summed E-state index contributed by atoms with van der Waals surface area (Å²) in [5.41, 5.74) is 2.90. The van der Waals surface area contributed by atoms with Gasteiger partial charge >= 0.3 is 0 Å². The monoisotopic (exact) mass is 486 g/mol. The van der Waals surface area contributed by atoms with Crippen LogP contribution in [0.1, 0.15) is 11.1 Å². The third-order valence-corrected chi connectivity index (χ3v) is 5.63. The zero-order valence-electron chi connectivity index (χ0n) is 19.1. The molecule has 33 heavy (non-hydrogen) atoms. The number of hydrogen-bond acceptors (Lipinski definition) is 5. The molecule has 0 amide bonds. The normalized spacial score (nSPS) is 10.3. The number of anilines is 1. The Labute approximate surface area is 205 Å². The molecular weight excluding hydrogens is 460 g/mol. The van der Waals surface area contributed by atoms with Crippen LogP contribution in [0.2, 0.25) is 5.02 Å². The van der Waals surface area contributed by atoms with Crippen molar-refractivity contribution >= 4 is 34.6 Å². The molecule has 0 fully saturated rings. The van der Waals surface area contributed by atoms with Crippen LogP contribution in [0.3, 0.4) is 0 Å². The van der Waals surface area contributed by atoms with Crippen molar-refractivity contribution in [2.45, 2.75) is 13.1 Å². The second kappa shape index (κ2) is 11.6. The fourth-order valence-corrected chi connectivity index (χ4v) is 3.71. The molecule has 0 unspecified atom stereocenters. The van der Waals surface area contributed by atoms with Gasteiger partial charge < -0.3 is 29.2 Å². The molecule has 0 atom stereocenters. The molecule has 0 radical (unpaired) electrons. The van der Waals surface area contributed by atoms with Crippen LogP contribution in [0.25, 0.3) is 0 Å². The van der Waals surface area contributed by atoms with Gasteiger partial charge in [0.15, 0.2) is 16.6 Å². The van der Waals surface area contributed by atoms with E-state index in [1.807, 2.05) is 60.7 Å². The zero-order valence-corrected chi connectivity index (χ0v) is 20.6. The summed E-state index contributed by atoms with van der Waals surface area (Å²) in [6.45, 7) is 1.10. The van der Waals surface area contributed by atoms with E-state index < -0.39 is 0 Å². The highest BCUT2D eigenvalue weighted by Gasteiger charge is 2.17. The fourth-order valence-electron chi connectivity index (χ4n) is 3.33. The lowest BCUT2D eigenvalue weighted by Crippen LogP contribution is -2.33. The number of rotatable bonds is 9. The standard InChI is InChI=1S/C25H27ClN2O4S/c1-29-21-11-5-17(6-12-21)15-28(25(33)27-20-9-7-19(26)8-10-20)16-18-13-22(30-2)24(32-4)23(14-18)31-3/h5-14H,15-16H2,1-4H3,(H,27,33). The molecule has 8 heteroatoms. The number of hydrogen-bond donors (Lipinski definition) is 1. The summed E-state index contributed by atoms with van der Waals surface area (Å²) in [7, 11) is 6.43. The Morgan fingerprint density at radius 3 is 1.88 bits per heavy atom. The summed E-state index contributed by atoms with van der Waals surface area (Å²) in [5, 5.41) is 4.54. The Balaban J connectivity index is 1.90. The van der Waals surface area contributed by atoms with Gasteiger partial charge in [0.25, 0.3) is 0 Å². The maximum Gasteiger partial charge on any atom is 0.203 e. The van der Waals surface area contributed by atoms with Crippen LogP contribution in [0, 0.1) is 0 Å². The third kappa shape index (κ3) is 6.43. The van der Waals surface area contributed by atoms with Crippen LogP contribution < -0.4 is 24.3 Å². The quantitative estimate of drug-likeness (QED) is 0.385. The summed E-state index contributed by atoms with van der Waals surface area (Å²) in [6.07, 6.45) is 0. The van der Waals surface area contributed by atoms with Crippen molar-refractivity contribution in [3.8, 4) is 23.0 Å². The molecule has 0 heterocycles. The summed E-state index contributed by atoms with van der Waals surface area (Å²) in [4.78, 5) is 2.06. The van der Waals surface area contributed by atoms with E-state index in [4.69, 9.17) is 42.8 Å². The highest BCUT2D eigenvalue weighted by atomic mass is 35.5. The molecule has 0 aliphatic rings. The van der Waals surface area contributed by atoms with Crippen LogP contribution in [0.15, 0.2) is 60.7 Å². The first-order valence-electron chi connectivity index (χ1n) is 10.2. The van der Waals surface area contributed by atoms with Crippen LogP contribution in [-0.2, 0) is 13.1 Å². The molecule has 0 aromatic heterocycles. The van der Waals surface area contributed by atoms with Gasteiger partial charge in [0.2, 0.25) is 5.75 Å². The predicted molar refractivity (Wildman–Crippen MR) is 136 cm³/mol. The Hall–Kier alpha value is -3.16. The van der Waals surface area contributed by atoms with Crippen molar-refractivity contribution in [2.24, 2.45) is 0 Å². The van der Waals surface area contributed by atoms with Gasteiger partial charge in [0.1, 0.15) is 5.75 Å². The lowest BCUT2D eigenvalue weighted by Gasteiger charge is -2.27. The minimum atomic E-state index is 0.516. The van der Waals surface area contributed by atoms with Gasteiger partial charge in [0, 0.05) is 23.8 Å². The van der Waals surface area contributed by atoms with Crippen LogP contribution >= 0.6 is 23.8 Å². The molecule has 0 saturated heterocycles. The Kier molecular flexibility index (Phi) is 8.63. The summed E-state index contributed by atoms with van der Waals surface area (Å²) in [5.74, 6) is 2.53. The first-order valence-corrected chi connectivity index (χ1v) is 11.0. The lowest BCUT2D eigenvalue weighted by atomic mass is 10.1. The van der Waals surface area contributed by atoms with Gasteiger partial charge in [-0.3, -0.25) is 0 Å². The molecule has 0 aliphatic carbocycles. The molecule has 1 N–H and O–H groups in total. The van der Waals surface area contributed by atoms with Gasteiger partial charge in [-0.25, -0.2) is 0 Å². The van der Waals surface area contributed by atoms with Crippen molar-refractivity contribution in [1.82, 2.24) is 4.90 Å². The van der Waals surface area contributed by atoms with Gasteiger partial charge in [-0.2, -0.15) is 0 Å². The van der Waals surface area contributed by atoms with E-state index in [2.05, 4.69) is 10.2 Å². The third-order valence-electron chi connectivity index (χ3n) is 5.01. The Morgan fingerprint density at radius 1 is 0.788 bits per heavy atom. The van der Waals surface area contributed by atoms with Crippen molar-refractivity contribution in [3.63, 3.8) is 0 Å². The van der Waals surface area contributed by atoms with Gasteiger partial charge in [-0.15, -0.1) is 0 Å². The van der Waals surface area contributed by atoms with Crippen molar-refractivity contribution in [3.05, 3.63) is 76.8 Å². The lowest BCUT2D eigenvalue weighted by molar-refractivity contribution is 0.322. The first-order chi connectivity index (χ1) is 16.0. The number of benzene rings is 3. The molecule has 0 saturated carbocycles. The molecular formula is C25H27ClN2O4S. The average Bonchev–Trinajstić information content (AvgIpc) is 2.84. The molecule has 3 rings (SSSR count). The number of halogens is 1. The van der Waals surface area contributed by atoms with Crippen LogP contribution in [-0.4, -0.2) is 38.5 Å². The van der Waals surface area contributed by atoms with E-state index in [1.165, 1.54) is 0 Å². The molecule has 3 aromatic carbocycles. The minimum Gasteiger partial charge on any atom is -0.497 e. The fraction of sp³-hybridized carbons (Fsp3) is 0.240. The van der Waals surface area contributed by atoms with E-state index in [1.54, 1.807) is 28.4 Å². The minimum absolute atomic E-state index is 0.516. The number of nitrogens with one attached hydrogen (secondary N) is 1. The van der Waals surface area contributed by atoms with Gasteiger partial charge in [-0.05, 0) is 71.9 Å². The van der Waals surface area contributed by atoms with E-state index in [9.17, 15) is 0 Å². The number of ether oxygens (including phenoxy) is 4. The predicted octanol–water partition coefficient (Wildman–Crippen LogP) is 5.77. The second-order valence-electron chi connectivity index (χ2n) is 7.17. The molecule has 0 bridgehead atoms. The molecule has 0 spiro atoms. The van der Waals surface area contributed by atoms with Crippen molar-refractivity contribution in [1.29, 1.82) is 0 Å². The first kappa shape index (κ1) is 24.5. The molecule has 6 nitrogen and oxygen atoms in total. The molecule has 0 aliphatic heterocycles. The van der Waals surface area contributed by atoms with Gasteiger partial charge in [0.05, 0.1) is 28.4 Å². The van der Waals surface area contributed by atoms with Crippen LogP contribution in [0.4, 0.5) is 5.69 Å². The maximum absolute atomic E-state index is 6.02. The highest BCUT2D eigenvalue weighted by molar-refractivity contribution is 7.80. The number of nitrogens with zero attached hydrogens (tertiary/aromatic N) is 1. The maximum atomic E-state index is 6.02. The number of thiocarbonyl (C=S) groups is 1. The topological polar surface area (TPSA) is 52.2 Å². The van der Waals surface area contributed by atoms with Crippen molar-refractivity contribution < 1.29 is 18.9 Å². The average molecular weight is 487 g/mol. The van der Waals surface area contributed by atoms with E-state index in [0.29, 0.717) is 40.5 Å². The highest BCUT2D eigenvalue weighted by Crippen LogP contribution is 2.38. The van der Waals surface area contributed by atoms with Crippen molar-refractivity contribution in [2.75, 3.05) is 33.8 Å².